The van der Waals surface area contributed by atoms with Crippen LogP contribution in [0.25, 0.3) is 0 Å². The molecule has 5 nitrogen and oxygen atoms in total. The molecule has 0 bridgehead atoms. The molecule has 0 fully saturated rings. The molecule has 10 heteroatoms. The van der Waals surface area contributed by atoms with Crippen LogP contribution in [-0.4, -0.2) is 33.0 Å². The first-order valence-electron chi connectivity index (χ1n) is 5.58. The van der Waals surface area contributed by atoms with E-state index in [1.165, 1.54) is 0 Å². The number of carbonyl (C=O) groups is 1. The number of amides is 2. The fourth-order valence-corrected chi connectivity index (χ4v) is 1.82. The van der Waals surface area contributed by atoms with Gasteiger partial charge in [0, 0.05) is 18.5 Å². The summed E-state index contributed by atoms with van der Waals surface area (Å²) in [5.41, 5.74) is -1.77. The largest absolute Gasteiger partial charge is 0.419 e. The molecule has 0 aliphatic rings. The number of alkyl halides is 3. The monoisotopic (exact) mass is 328 g/mol. The fourth-order valence-electron chi connectivity index (χ4n) is 1.35. The van der Waals surface area contributed by atoms with Crippen molar-refractivity contribution in [1.29, 1.82) is 0 Å². The number of sulfone groups is 1. The highest BCUT2D eigenvalue weighted by atomic mass is 32.2. The summed E-state index contributed by atoms with van der Waals surface area (Å²) in [5.74, 6) is -1.76. The van der Waals surface area contributed by atoms with Crippen molar-refractivity contribution in [2.24, 2.45) is 0 Å². The van der Waals surface area contributed by atoms with E-state index in [0.29, 0.717) is 12.1 Å². The van der Waals surface area contributed by atoms with Crippen molar-refractivity contribution in [3.63, 3.8) is 0 Å². The van der Waals surface area contributed by atoms with Gasteiger partial charge in [-0.15, -0.1) is 0 Å². The Hall–Kier alpha value is -1.84. The summed E-state index contributed by atoms with van der Waals surface area (Å²) in [5, 5.41) is 4.21. The molecule has 0 heterocycles. The number of halogens is 4. The van der Waals surface area contributed by atoms with Crippen LogP contribution in [0.15, 0.2) is 18.2 Å². The molecule has 0 radical (unpaired) electrons. The summed E-state index contributed by atoms with van der Waals surface area (Å²) in [7, 11) is -3.27. The Labute approximate surface area is 118 Å². The van der Waals surface area contributed by atoms with Crippen LogP contribution in [-0.2, 0) is 16.0 Å². The van der Waals surface area contributed by atoms with Gasteiger partial charge in [-0.05, 0) is 18.2 Å². The minimum atomic E-state index is -4.88. The SMILES string of the molecule is CS(=O)(=O)CCNC(=O)Nc1ccc(F)c(C(F)(F)F)c1. The van der Waals surface area contributed by atoms with E-state index in [-0.39, 0.29) is 18.0 Å². The Morgan fingerprint density at radius 1 is 1.29 bits per heavy atom. The minimum absolute atomic E-state index is 0.196. The predicted molar refractivity (Wildman–Crippen MR) is 68.1 cm³/mol. The van der Waals surface area contributed by atoms with Gasteiger partial charge in [0.2, 0.25) is 0 Å². The number of nitrogens with one attached hydrogen (secondary N) is 2. The number of benzene rings is 1. The zero-order valence-corrected chi connectivity index (χ0v) is 11.6. The minimum Gasteiger partial charge on any atom is -0.337 e. The van der Waals surface area contributed by atoms with Gasteiger partial charge in [-0.25, -0.2) is 17.6 Å². The van der Waals surface area contributed by atoms with Crippen LogP contribution in [0, 0.1) is 5.82 Å². The molecule has 1 rings (SSSR count). The van der Waals surface area contributed by atoms with Gasteiger partial charge in [0.15, 0.2) is 0 Å². The van der Waals surface area contributed by atoms with Crippen molar-refractivity contribution in [1.82, 2.24) is 5.32 Å². The summed E-state index contributed by atoms with van der Waals surface area (Å²) < 4.78 is 72.1. The molecule has 0 saturated heterocycles. The number of rotatable bonds is 4. The molecule has 0 atom stereocenters. The summed E-state index contributed by atoms with van der Waals surface area (Å²) in [4.78, 5) is 11.4. The average molecular weight is 328 g/mol. The molecule has 118 valence electrons. The van der Waals surface area contributed by atoms with Crippen molar-refractivity contribution in [3.8, 4) is 0 Å². The quantitative estimate of drug-likeness (QED) is 0.830. The molecule has 0 aliphatic heterocycles. The smallest absolute Gasteiger partial charge is 0.337 e. The number of hydrogen-bond acceptors (Lipinski definition) is 3. The molecule has 0 aromatic heterocycles. The molecule has 0 unspecified atom stereocenters. The van der Waals surface area contributed by atoms with Crippen LogP contribution in [0.5, 0.6) is 0 Å². The van der Waals surface area contributed by atoms with Gasteiger partial charge in [-0.1, -0.05) is 0 Å². The van der Waals surface area contributed by atoms with Gasteiger partial charge in [0.05, 0.1) is 11.3 Å². The second-order valence-electron chi connectivity index (χ2n) is 4.20. The maximum absolute atomic E-state index is 13.0. The first kappa shape index (κ1) is 17.2. The van der Waals surface area contributed by atoms with Gasteiger partial charge in [0.25, 0.3) is 0 Å². The molecule has 1 aromatic rings. The molecule has 1 aromatic carbocycles. The lowest BCUT2D eigenvalue weighted by Gasteiger charge is -2.11. The first-order valence-corrected chi connectivity index (χ1v) is 7.64. The van der Waals surface area contributed by atoms with Crippen molar-refractivity contribution < 1.29 is 30.8 Å². The Bertz CT molecular complexity index is 629. The number of anilines is 1. The van der Waals surface area contributed by atoms with Crippen LogP contribution in [0.1, 0.15) is 5.56 Å². The lowest BCUT2D eigenvalue weighted by Crippen LogP contribution is -2.32. The number of hydrogen-bond donors (Lipinski definition) is 2. The molecular weight excluding hydrogens is 316 g/mol. The van der Waals surface area contributed by atoms with Crippen molar-refractivity contribution in [2.75, 3.05) is 23.9 Å². The van der Waals surface area contributed by atoms with Crippen molar-refractivity contribution in [3.05, 3.63) is 29.6 Å². The van der Waals surface area contributed by atoms with E-state index in [1.54, 1.807) is 0 Å². The zero-order valence-electron chi connectivity index (χ0n) is 10.8. The fraction of sp³-hybridized carbons (Fsp3) is 0.364. The first-order chi connectivity index (χ1) is 9.49. The van der Waals surface area contributed by atoms with Gasteiger partial charge < -0.3 is 10.6 Å². The van der Waals surface area contributed by atoms with E-state index in [4.69, 9.17) is 0 Å². The average Bonchev–Trinajstić information content (AvgIpc) is 2.28. The van der Waals surface area contributed by atoms with Gasteiger partial charge in [-0.2, -0.15) is 13.2 Å². The maximum atomic E-state index is 13.0. The Kier molecular flexibility index (Phi) is 5.15. The normalized spacial score (nSPS) is 12.0. The molecule has 2 amide bonds. The van der Waals surface area contributed by atoms with Crippen LogP contribution in [0.3, 0.4) is 0 Å². The Morgan fingerprint density at radius 2 is 1.90 bits per heavy atom. The molecule has 21 heavy (non-hydrogen) atoms. The topological polar surface area (TPSA) is 75.3 Å². The number of carbonyl (C=O) groups excluding carboxylic acids is 1. The van der Waals surface area contributed by atoms with E-state index in [1.807, 2.05) is 0 Å². The van der Waals surface area contributed by atoms with Crippen LogP contribution in [0.4, 0.5) is 28.0 Å². The summed E-state index contributed by atoms with van der Waals surface area (Å²) in [6.45, 7) is -0.196. The third kappa shape index (κ3) is 5.98. The van der Waals surface area contributed by atoms with E-state index >= 15 is 0 Å². The van der Waals surface area contributed by atoms with Crippen molar-refractivity contribution >= 4 is 21.6 Å². The lowest BCUT2D eigenvalue weighted by atomic mass is 10.2. The molecule has 2 N–H and O–H groups in total. The summed E-state index contributed by atoms with van der Waals surface area (Å²) in [6, 6.07) is 1.10. The van der Waals surface area contributed by atoms with E-state index in [0.717, 1.165) is 12.3 Å². The van der Waals surface area contributed by atoms with Crippen LogP contribution < -0.4 is 10.6 Å². The predicted octanol–water partition coefficient (Wildman–Crippen LogP) is 2.01. The molecule has 0 spiro atoms. The van der Waals surface area contributed by atoms with Gasteiger partial charge >= 0.3 is 12.2 Å². The van der Waals surface area contributed by atoms with Gasteiger partial charge in [0.1, 0.15) is 15.7 Å². The number of urea groups is 1. The van der Waals surface area contributed by atoms with Crippen LogP contribution in [0.2, 0.25) is 0 Å². The highest BCUT2D eigenvalue weighted by molar-refractivity contribution is 7.90. The van der Waals surface area contributed by atoms with Crippen molar-refractivity contribution in [2.45, 2.75) is 6.18 Å². The van der Waals surface area contributed by atoms with Crippen LogP contribution >= 0.6 is 0 Å². The maximum Gasteiger partial charge on any atom is 0.419 e. The second kappa shape index (κ2) is 6.29. The van der Waals surface area contributed by atoms with E-state index in [9.17, 15) is 30.8 Å². The molecule has 0 aliphatic carbocycles. The van der Waals surface area contributed by atoms with E-state index in [2.05, 4.69) is 10.6 Å². The second-order valence-corrected chi connectivity index (χ2v) is 6.46. The summed E-state index contributed by atoms with van der Waals surface area (Å²) in [6.07, 6.45) is -3.91. The third-order valence-electron chi connectivity index (χ3n) is 2.29. The Morgan fingerprint density at radius 3 is 2.43 bits per heavy atom. The summed E-state index contributed by atoms with van der Waals surface area (Å²) >= 11 is 0. The highest BCUT2D eigenvalue weighted by Gasteiger charge is 2.34. The lowest BCUT2D eigenvalue weighted by molar-refractivity contribution is -0.139. The van der Waals surface area contributed by atoms with E-state index < -0.39 is 33.4 Å². The third-order valence-corrected chi connectivity index (χ3v) is 3.23. The highest BCUT2D eigenvalue weighted by Crippen LogP contribution is 2.32. The molecule has 0 saturated carbocycles. The van der Waals surface area contributed by atoms with Gasteiger partial charge in [-0.3, -0.25) is 0 Å². The standard InChI is InChI=1S/C11H12F4N2O3S/c1-21(19,20)5-4-16-10(18)17-7-2-3-9(12)8(6-7)11(13,14)15/h2-3,6H,4-5H2,1H3,(H2,16,17,18). The Balaban J connectivity index is 2.69. The molecular formula is C11H12F4N2O3S. The zero-order chi connectivity index (χ0) is 16.3.